The van der Waals surface area contributed by atoms with Crippen LogP contribution in [0.1, 0.15) is 32.1 Å². The van der Waals surface area contributed by atoms with Gasteiger partial charge in [-0.1, -0.05) is 60.7 Å². The molecule has 14 heteroatoms. The summed E-state index contributed by atoms with van der Waals surface area (Å²) in [5.74, 6) is -2.80. The Bertz CT molecular complexity index is 1390. The van der Waals surface area contributed by atoms with Gasteiger partial charge in [-0.05, 0) is 23.3 Å². The highest BCUT2D eigenvalue weighted by Crippen LogP contribution is 2.04. The molecular formula is C27H28N6O8. The molecule has 4 amide bonds. The molecule has 0 bridgehead atoms. The Morgan fingerprint density at radius 3 is 1.98 bits per heavy atom. The summed E-state index contributed by atoms with van der Waals surface area (Å²) in [5.41, 5.74) is 6.98. The second kappa shape index (κ2) is 15.1. The molecular weight excluding hydrogens is 536 g/mol. The first-order chi connectivity index (χ1) is 19.7. The van der Waals surface area contributed by atoms with Gasteiger partial charge in [-0.25, -0.2) is 14.4 Å². The molecule has 0 aliphatic heterocycles. The summed E-state index contributed by atoms with van der Waals surface area (Å²) in [6, 6.07) is 19.2. The number of aliphatic imine (C=N–C) groups is 1. The van der Waals surface area contributed by atoms with Crippen molar-refractivity contribution in [1.82, 2.24) is 20.9 Å². The standard InChI is InChI=1S/C27H28N6O8/c1-39-24(36)21(31-26(37)40-15-17-8-4-2-5-9-17)14-29-22(34)19-12-13-20(30-19)23(35)32-25(28)33-27(38)41-16-18-10-6-3-7-11-18/h2-13,21,30H,14-16H2,1H3,(H,29,34)(H,31,37)(H3,28,32,33,35,38)/t21-/m0/s1. The molecule has 0 fully saturated rings. The van der Waals surface area contributed by atoms with Crippen LogP contribution in [0.4, 0.5) is 9.59 Å². The number of guanidine groups is 1. The van der Waals surface area contributed by atoms with E-state index in [2.05, 4.69) is 30.7 Å². The Balaban J connectivity index is 1.48. The fourth-order valence-electron chi connectivity index (χ4n) is 3.25. The van der Waals surface area contributed by atoms with Gasteiger partial charge in [-0.2, -0.15) is 0 Å². The Hall–Kier alpha value is -5.66. The Kier molecular flexibility index (Phi) is 11.0. The first-order valence-electron chi connectivity index (χ1n) is 12.1. The van der Waals surface area contributed by atoms with Crippen LogP contribution in [0.25, 0.3) is 0 Å². The van der Waals surface area contributed by atoms with Crippen molar-refractivity contribution in [2.24, 2.45) is 10.7 Å². The SMILES string of the molecule is COC(=O)[C@H](CNC(=O)c1ccc(C(=O)N/C(N)=N/C(=O)OCc2ccccc2)[nH]1)NC(=O)OCc1ccccc1. The van der Waals surface area contributed by atoms with Gasteiger partial charge in [0.25, 0.3) is 11.8 Å². The number of esters is 1. The number of nitrogens with two attached hydrogens (primary N) is 1. The van der Waals surface area contributed by atoms with Crippen molar-refractivity contribution in [2.45, 2.75) is 19.3 Å². The number of nitrogens with one attached hydrogen (secondary N) is 4. The lowest BCUT2D eigenvalue weighted by Gasteiger charge is -2.17. The number of hydrogen-bond donors (Lipinski definition) is 5. The number of H-pyrrole nitrogens is 1. The number of aromatic amines is 1. The molecule has 2 aromatic carbocycles. The lowest BCUT2D eigenvalue weighted by Crippen LogP contribution is -2.49. The number of carbonyl (C=O) groups is 5. The summed E-state index contributed by atoms with van der Waals surface area (Å²) in [4.78, 5) is 67.1. The summed E-state index contributed by atoms with van der Waals surface area (Å²) in [6.07, 6.45) is -1.89. The average molecular weight is 565 g/mol. The van der Waals surface area contributed by atoms with E-state index in [-0.39, 0.29) is 31.1 Å². The van der Waals surface area contributed by atoms with Crippen LogP contribution in [0.2, 0.25) is 0 Å². The summed E-state index contributed by atoms with van der Waals surface area (Å²) >= 11 is 0. The molecule has 1 heterocycles. The van der Waals surface area contributed by atoms with Gasteiger partial charge in [0, 0.05) is 6.54 Å². The van der Waals surface area contributed by atoms with Gasteiger partial charge in [-0.15, -0.1) is 4.99 Å². The Morgan fingerprint density at radius 2 is 1.39 bits per heavy atom. The number of methoxy groups -OCH3 is 1. The van der Waals surface area contributed by atoms with Crippen LogP contribution in [0.15, 0.2) is 77.8 Å². The third kappa shape index (κ3) is 9.86. The summed E-state index contributed by atoms with van der Waals surface area (Å²) in [6.45, 7) is -0.387. The largest absolute Gasteiger partial charge is 0.467 e. The number of nitrogens with zero attached hydrogens (tertiary/aromatic N) is 1. The van der Waals surface area contributed by atoms with Crippen molar-refractivity contribution in [3.05, 3.63) is 95.3 Å². The number of benzene rings is 2. The van der Waals surface area contributed by atoms with Crippen molar-refractivity contribution < 1.29 is 38.2 Å². The van der Waals surface area contributed by atoms with E-state index in [9.17, 15) is 24.0 Å². The minimum absolute atomic E-state index is 0.0235. The van der Waals surface area contributed by atoms with Gasteiger partial charge < -0.3 is 35.6 Å². The van der Waals surface area contributed by atoms with E-state index in [1.807, 2.05) is 12.1 Å². The fraction of sp³-hybridized carbons (Fsp3) is 0.185. The molecule has 0 aliphatic rings. The summed E-state index contributed by atoms with van der Waals surface area (Å²) in [7, 11) is 1.13. The molecule has 0 radical (unpaired) electrons. The van der Waals surface area contributed by atoms with Crippen LogP contribution in [0.5, 0.6) is 0 Å². The topological polar surface area (TPSA) is 203 Å². The van der Waals surface area contributed by atoms with E-state index in [0.29, 0.717) is 0 Å². The number of ether oxygens (including phenoxy) is 3. The normalized spacial score (nSPS) is 11.5. The quantitative estimate of drug-likeness (QED) is 0.105. The molecule has 0 aliphatic carbocycles. The van der Waals surface area contributed by atoms with E-state index in [0.717, 1.165) is 18.2 Å². The lowest BCUT2D eigenvalue weighted by molar-refractivity contribution is -0.142. The smallest absolute Gasteiger partial charge is 0.437 e. The highest BCUT2D eigenvalue weighted by Gasteiger charge is 2.24. The van der Waals surface area contributed by atoms with Crippen molar-refractivity contribution >= 4 is 35.9 Å². The fourth-order valence-corrected chi connectivity index (χ4v) is 3.25. The van der Waals surface area contributed by atoms with Crippen molar-refractivity contribution in [3.63, 3.8) is 0 Å². The molecule has 0 saturated heterocycles. The molecule has 41 heavy (non-hydrogen) atoms. The molecule has 0 spiro atoms. The zero-order valence-corrected chi connectivity index (χ0v) is 21.9. The third-order valence-electron chi connectivity index (χ3n) is 5.29. The molecule has 14 nitrogen and oxygen atoms in total. The van der Waals surface area contributed by atoms with E-state index in [1.165, 1.54) is 12.1 Å². The van der Waals surface area contributed by atoms with Gasteiger partial charge in [0.05, 0.1) is 7.11 Å². The molecule has 0 unspecified atom stereocenters. The first-order valence-corrected chi connectivity index (χ1v) is 12.1. The molecule has 3 aromatic rings. The number of hydrogen-bond acceptors (Lipinski definition) is 8. The van der Waals surface area contributed by atoms with Gasteiger partial charge in [0.2, 0.25) is 5.96 Å². The maximum absolute atomic E-state index is 12.6. The van der Waals surface area contributed by atoms with Crippen LogP contribution >= 0.6 is 0 Å². The van der Waals surface area contributed by atoms with E-state index in [4.69, 9.17) is 15.2 Å². The Labute approximate surface area is 234 Å². The second-order valence-corrected chi connectivity index (χ2v) is 8.27. The van der Waals surface area contributed by atoms with Crippen LogP contribution in [0.3, 0.4) is 0 Å². The molecule has 0 saturated carbocycles. The maximum Gasteiger partial charge on any atom is 0.437 e. The predicted molar refractivity (Wildman–Crippen MR) is 144 cm³/mol. The van der Waals surface area contributed by atoms with Crippen LogP contribution in [-0.4, -0.2) is 60.6 Å². The van der Waals surface area contributed by atoms with Crippen molar-refractivity contribution in [3.8, 4) is 0 Å². The lowest BCUT2D eigenvalue weighted by atomic mass is 10.2. The zero-order chi connectivity index (χ0) is 29.6. The number of aromatic nitrogens is 1. The third-order valence-corrected chi connectivity index (χ3v) is 5.29. The molecule has 1 aromatic heterocycles. The van der Waals surface area contributed by atoms with Crippen LogP contribution in [-0.2, 0) is 32.2 Å². The number of carbonyl (C=O) groups excluding carboxylic acids is 5. The summed E-state index contributed by atoms with van der Waals surface area (Å²) in [5, 5.41) is 6.99. The molecule has 214 valence electrons. The van der Waals surface area contributed by atoms with Crippen molar-refractivity contribution in [2.75, 3.05) is 13.7 Å². The highest BCUT2D eigenvalue weighted by atomic mass is 16.6. The van der Waals surface area contributed by atoms with E-state index in [1.54, 1.807) is 48.5 Å². The van der Waals surface area contributed by atoms with Gasteiger partial charge in [0.1, 0.15) is 30.6 Å². The number of alkyl carbamates (subject to hydrolysis) is 1. The van der Waals surface area contributed by atoms with Gasteiger partial charge >= 0.3 is 18.2 Å². The number of rotatable bonds is 10. The molecule has 3 rings (SSSR count). The minimum Gasteiger partial charge on any atom is -0.467 e. The van der Waals surface area contributed by atoms with Gasteiger partial charge in [-0.3, -0.25) is 14.9 Å². The monoisotopic (exact) mass is 564 g/mol. The van der Waals surface area contributed by atoms with Gasteiger partial charge in [0.15, 0.2) is 0 Å². The minimum atomic E-state index is -1.25. The first kappa shape index (κ1) is 29.9. The summed E-state index contributed by atoms with van der Waals surface area (Å²) < 4.78 is 14.7. The second-order valence-electron chi connectivity index (χ2n) is 8.27. The Morgan fingerprint density at radius 1 is 0.829 bits per heavy atom. The zero-order valence-electron chi connectivity index (χ0n) is 21.9. The van der Waals surface area contributed by atoms with Crippen LogP contribution < -0.4 is 21.7 Å². The number of amides is 4. The van der Waals surface area contributed by atoms with E-state index < -0.39 is 42.0 Å². The predicted octanol–water partition coefficient (Wildman–Crippen LogP) is 1.59. The van der Waals surface area contributed by atoms with Crippen molar-refractivity contribution in [1.29, 1.82) is 0 Å². The van der Waals surface area contributed by atoms with Crippen LogP contribution in [0, 0.1) is 0 Å². The van der Waals surface area contributed by atoms with E-state index >= 15 is 0 Å². The molecule has 1 atom stereocenters. The average Bonchev–Trinajstić information content (AvgIpc) is 3.48. The molecule has 6 N–H and O–H groups in total. The maximum atomic E-state index is 12.6. The highest BCUT2D eigenvalue weighted by molar-refractivity contribution is 6.07.